The Morgan fingerprint density at radius 2 is 1.88 bits per heavy atom. The van der Waals surface area contributed by atoms with Crippen molar-refractivity contribution in [2.24, 2.45) is 0 Å². The molecule has 3 heteroatoms. The molecule has 0 aromatic heterocycles. The van der Waals surface area contributed by atoms with Gasteiger partial charge in [-0.05, 0) is 25.0 Å². The number of hydrogen-bond donors (Lipinski definition) is 2. The van der Waals surface area contributed by atoms with Crippen LogP contribution in [-0.4, -0.2) is 32.3 Å². The highest BCUT2D eigenvalue weighted by atomic mass is 16.5. The smallest absolute Gasteiger partial charge is 0.119 e. The normalized spacial score (nSPS) is 15.0. The summed E-state index contributed by atoms with van der Waals surface area (Å²) >= 11 is 0. The number of nitrogens with one attached hydrogen (secondary N) is 2. The second-order valence-electron chi connectivity index (χ2n) is 4.14. The minimum Gasteiger partial charge on any atom is -0.492 e. The third-order valence-corrected chi connectivity index (χ3v) is 2.60. The summed E-state index contributed by atoms with van der Waals surface area (Å²) in [6, 6.07) is 10.7. The Morgan fingerprint density at radius 3 is 2.62 bits per heavy atom. The van der Waals surface area contributed by atoms with Crippen LogP contribution < -0.4 is 15.4 Å². The Hall–Kier alpha value is -1.06. The summed E-state index contributed by atoms with van der Waals surface area (Å²) in [4.78, 5) is 0. The first kappa shape index (κ1) is 11.4. The second-order valence-corrected chi connectivity index (χ2v) is 4.14. The maximum atomic E-state index is 5.56. The van der Waals surface area contributed by atoms with E-state index >= 15 is 0 Å². The fourth-order valence-corrected chi connectivity index (χ4v) is 1.53. The Balaban J connectivity index is 1.42. The Bertz CT molecular complexity index is 285. The summed E-state index contributed by atoms with van der Waals surface area (Å²) in [6.45, 7) is 3.72. The molecule has 0 bridgehead atoms. The van der Waals surface area contributed by atoms with E-state index in [9.17, 15) is 0 Å². The van der Waals surface area contributed by atoms with Gasteiger partial charge in [0.05, 0.1) is 0 Å². The van der Waals surface area contributed by atoms with E-state index in [1.807, 2.05) is 30.3 Å². The van der Waals surface area contributed by atoms with Crippen molar-refractivity contribution in [3.8, 4) is 5.75 Å². The van der Waals surface area contributed by atoms with E-state index in [1.165, 1.54) is 12.8 Å². The van der Waals surface area contributed by atoms with Gasteiger partial charge < -0.3 is 15.4 Å². The molecule has 2 rings (SSSR count). The summed E-state index contributed by atoms with van der Waals surface area (Å²) in [5.74, 6) is 0.945. The molecule has 1 aliphatic rings. The predicted molar refractivity (Wildman–Crippen MR) is 65.8 cm³/mol. The number of rotatable bonds is 8. The van der Waals surface area contributed by atoms with Gasteiger partial charge in [0.15, 0.2) is 0 Å². The van der Waals surface area contributed by atoms with Crippen LogP contribution in [0.5, 0.6) is 5.75 Å². The first-order valence-corrected chi connectivity index (χ1v) is 6.07. The molecule has 1 aromatic rings. The molecule has 3 nitrogen and oxygen atoms in total. The lowest BCUT2D eigenvalue weighted by atomic mass is 10.3. The number of ether oxygens (including phenoxy) is 1. The third-order valence-electron chi connectivity index (χ3n) is 2.60. The molecule has 88 valence electrons. The van der Waals surface area contributed by atoms with Crippen LogP contribution in [0.2, 0.25) is 0 Å². The Morgan fingerprint density at radius 1 is 1.06 bits per heavy atom. The highest BCUT2D eigenvalue weighted by Gasteiger charge is 2.19. The quantitative estimate of drug-likeness (QED) is 0.650. The maximum Gasteiger partial charge on any atom is 0.119 e. The van der Waals surface area contributed by atoms with Crippen molar-refractivity contribution in [2.45, 2.75) is 18.9 Å². The molecule has 1 fully saturated rings. The molecule has 0 spiro atoms. The van der Waals surface area contributed by atoms with Crippen LogP contribution in [0.3, 0.4) is 0 Å². The van der Waals surface area contributed by atoms with E-state index in [1.54, 1.807) is 0 Å². The topological polar surface area (TPSA) is 33.3 Å². The first-order chi connectivity index (χ1) is 7.95. The monoisotopic (exact) mass is 220 g/mol. The summed E-state index contributed by atoms with van der Waals surface area (Å²) in [5, 5.41) is 6.81. The maximum absolute atomic E-state index is 5.56. The second kappa shape index (κ2) is 6.51. The molecule has 1 aromatic carbocycles. The van der Waals surface area contributed by atoms with E-state index in [0.717, 1.165) is 38.0 Å². The van der Waals surface area contributed by atoms with Crippen LogP contribution in [0.25, 0.3) is 0 Å². The molecular formula is C13H20N2O. The van der Waals surface area contributed by atoms with E-state index in [-0.39, 0.29) is 0 Å². The van der Waals surface area contributed by atoms with Crippen molar-refractivity contribution in [2.75, 3.05) is 26.2 Å². The molecule has 0 atom stereocenters. The zero-order valence-corrected chi connectivity index (χ0v) is 9.61. The van der Waals surface area contributed by atoms with Crippen LogP contribution in [-0.2, 0) is 0 Å². The van der Waals surface area contributed by atoms with E-state index in [0.29, 0.717) is 0 Å². The summed E-state index contributed by atoms with van der Waals surface area (Å²) < 4.78 is 5.56. The average molecular weight is 220 g/mol. The van der Waals surface area contributed by atoms with Crippen molar-refractivity contribution in [1.29, 1.82) is 0 Å². The van der Waals surface area contributed by atoms with Crippen LogP contribution >= 0.6 is 0 Å². The van der Waals surface area contributed by atoms with Crippen LogP contribution in [0, 0.1) is 0 Å². The number of benzene rings is 1. The molecular weight excluding hydrogens is 200 g/mol. The SMILES string of the molecule is c1ccc(OCCNCCNC2CC2)cc1. The van der Waals surface area contributed by atoms with Crippen molar-refractivity contribution < 1.29 is 4.74 Å². The lowest BCUT2D eigenvalue weighted by Gasteiger charge is -2.07. The fraction of sp³-hybridized carbons (Fsp3) is 0.538. The van der Waals surface area contributed by atoms with Crippen molar-refractivity contribution in [3.05, 3.63) is 30.3 Å². The lowest BCUT2D eigenvalue weighted by Crippen LogP contribution is -2.31. The fourth-order valence-electron chi connectivity index (χ4n) is 1.53. The van der Waals surface area contributed by atoms with Crippen LogP contribution in [0.4, 0.5) is 0 Å². The van der Waals surface area contributed by atoms with Gasteiger partial charge >= 0.3 is 0 Å². The zero-order valence-electron chi connectivity index (χ0n) is 9.61. The minimum atomic E-state index is 0.730. The van der Waals surface area contributed by atoms with Gasteiger partial charge in [-0.15, -0.1) is 0 Å². The molecule has 0 saturated heterocycles. The Kier molecular flexibility index (Phi) is 4.65. The lowest BCUT2D eigenvalue weighted by molar-refractivity contribution is 0.314. The van der Waals surface area contributed by atoms with Gasteiger partial charge in [0.25, 0.3) is 0 Å². The highest BCUT2D eigenvalue weighted by molar-refractivity contribution is 5.20. The van der Waals surface area contributed by atoms with Gasteiger partial charge in [-0.2, -0.15) is 0 Å². The van der Waals surface area contributed by atoms with E-state index < -0.39 is 0 Å². The van der Waals surface area contributed by atoms with Gasteiger partial charge in [-0.1, -0.05) is 18.2 Å². The predicted octanol–water partition coefficient (Wildman–Crippen LogP) is 1.41. The largest absolute Gasteiger partial charge is 0.492 e. The van der Waals surface area contributed by atoms with E-state index in [4.69, 9.17) is 4.74 Å². The van der Waals surface area contributed by atoms with Crippen molar-refractivity contribution >= 4 is 0 Å². The van der Waals surface area contributed by atoms with Gasteiger partial charge in [0, 0.05) is 25.7 Å². The average Bonchev–Trinajstić information content (AvgIpc) is 3.13. The summed E-state index contributed by atoms with van der Waals surface area (Å²) in [5.41, 5.74) is 0. The molecule has 2 N–H and O–H groups in total. The molecule has 0 unspecified atom stereocenters. The zero-order chi connectivity index (χ0) is 11.1. The van der Waals surface area contributed by atoms with E-state index in [2.05, 4.69) is 10.6 Å². The molecule has 1 saturated carbocycles. The first-order valence-electron chi connectivity index (χ1n) is 6.07. The summed E-state index contributed by atoms with van der Waals surface area (Å²) in [7, 11) is 0. The molecule has 0 aliphatic heterocycles. The molecule has 0 radical (unpaired) electrons. The third kappa shape index (κ3) is 4.64. The van der Waals surface area contributed by atoms with Gasteiger partial charge in [0.1, 0.15) is 12.4 Å². The summed E-state index contributed by atoms with van der Waals surface area (Å²) in [6.07, 6.45) is 2.72. The van der Waals surface area contributed by atoms with Crippen molar-refractivity contribution in [3.63, 3.8) is 0 Å². The number of para-hydroxylation sites is 1. The van der Waals surface area contributed by atoms with Gasteiger partial charge in [-0.3, -0.25) is 0 Å². The molecule has 16 heavy (non-hydrogen) atoms. The Labute approximate surface area is 97.2 Å². The molecule has 0 amide bonds. The van der Waals surface area contributed by atoms with Crippen molar-refractivity contribution in [1.82, 2.24) is 10.6 Å². The van der Waals surface area contributed by atoms with Crippen LogP contribution in [0.1, 0.15) is 12.8 Å². The minimum absolute atomic E-state index is 0.730. The standard InChI is InChI=1S/C13H20N2O/c1-2-4-13(5-3-1)16-11-10-14-8-9-15-12-6-7-12/h1-5,12,14-15H,6-11H2. The number of hydrogen-bond acceptors (Lipinski definition) is 3. The highest BCUT2D eigenvalue weighted by Crippen LogP contribution is 2.17. The van der Waals surface area contributed by atoms with Gasteiger partial charge in [-0.25, -0.2) is 0 Å². The van der Waals surface area contributed by atoms with Gasteiger partial charge in [0.2, 0.25) is 0 Å². The van der Waals surface area contributed by atoms with Crippen LogP contribution in [0.15, 0.2) is 30.3 Å². The molecule has 1 aliphatic carbocycles. The molecule has 0 heterocycles.